The lowest BCUT2D eigenvalue weighted by Gasteiger charge is -2.19. The molecule has 0 aliphatic heterocycles. The maximum Gasteiger partial charge on any atom is 0.335 e. The Kier molecular flexibility index (Phi) is 5.72. The molecule has 5 nitrogen and oxygen atoms in total. The number of carbonyl (C=O) groups is 2. The van der Waals surface area contributed by atoms with Crippen LogP contribution in [0.25, 0.3) is 0 Å². The monoisotopic (exact) mass is 304 g/mol. The molecule has 1 aromatic carbocycles. The van der Waals surface area contributed by atoms with E-state index in [0.717, 1.165) is 5.56 Å². The van der Waals surface area contributed by atoms with E-state index in [1.165, 1.54) is 12.1 Å². The van der Waals surface area contributed by atoms with Gasteiger partial charge in [-0.25, -0.2) is 9.59 Å². The fraction of sp³-hybridized carbons (Fsp3) is 0.412. The first kappa shape index (κ1) is 17.7. The number of benzene rings is 1. The molecule has 0 unspecified atom stereocenters. The highest BCUT2D eigenvalue weighted by Gasteiger charge is 2.16. The number of rotatable bonds is 5. The summed E-state index contributed by atoms with van der Waals surface area (Å²) in [5.74, 6) is 0.910. The molecule has 22 heavy (non-hydrogen) atoms. The topological polar surface area (TPSA) is 72.8 Å². The summed E-state index contributed by atoms with van der Waals surface area (Å²) < 4.78 is 10.4. The van der Waals surface area contributed by atoms with Crippen molar-refractivity contribution in [2.45, 2.75) is 39.9 Å². The average Bonchev–Trinajstić information content (AvgIpc) is 2.38. The summed E-state index contributed by atoms with van der Waals surface area (Å²) in [6.07, 6.45) is 5.38. The Morgan fingerprint density at radius 2 is 1.95 bits per heavy atom. The van der Waals surface area contributed by atoms with Gasteiger partial charge in [0.15, 0.2) is 0 Å². The van der Waals surface area contributed by atoms with Crippen molar-refractivity contribution < 1.29 is 24.2 Å². The van der Waals surface area contributed by atoms with Crippen LogP contribution in [0.5, 0.6) is 0 Å². The Morgan fingerprint density at radius 3 is 2.45 bits per heavy atom. The Morgan fingerprint density at radius 1 is 1.32 bits per heavy atom. The molecule has 0 aliphatic carbocycles. The highest BCUT2D eigenvalue weighted by atomic mass is 16.6. The number of carbonyl (C=O) groups excluding carboxylic acids is 1. The van der Waals surface area contributed by atoms with Crippen LogP contribution < -0.4 is 0 Å². The van der Waals surface area contributed by atoms with E-state index < -0.39 is 17.5 Å². The minimum absolute atomic E-state index is 0.0842. The van der Waals surface area contributed by atoms with Crippen LogP contribution in [-0.4, -0.2) is 29.3 Å². The molecular weight excluding hydrogens is 284 g/mol. The Hall–Kier alpha value is -2.32. The Bertz CT molecular complexity index is 617. The third-order valence-corrected chi connectivity index (χ3v) is 2.82. The Labute approximate surface area is 130 Å². The van der Waals surface area contributed by atoms with Gasteiger partial charge in [0.1, 0.15) is 12.2 Å². The zero-order chi connectivity index (χ0) is 16.9. The molecule has 5 heteroatoms. The zero-order valence-electron chi connectivity index (χ0n) is 13.2. The molecule has 0 atom stereocenters. The van der Waals surface area contributed by atoms with Gasteiger partial charge in [-0.2, -0.15) is 0 Å². The lowest BCUT2D eigenvalue weighted by atomic mass is 9.99. The van der Waals surface area contributed by atoms with Crippen molar-refractivity contribution >= 4 is 11.9 Å². The largest absolute Gasteiger partial charge is 0.478 e. The van der Waals surface area contributed by atoms with E-state index in [0.29, 0.717) is 11.1 Å². The predicted molar refractivity (Wildman–Crippen MR) is 81.6 cm³/mol. The Balaban J connectivity index is 2.78. The summed E-state index contributed by atoms with van der Waals surface area (Å²) in [7, 11) is 0. The molecule has 1 rings (SSSR count). The van der Waals surface area contributed by atoms with Crippen LogP contribution in [0.1, 0.15) is 47.8 Å². The number of terminal acetylenes is 1. The molecule has 0 radical (unpaired) electrons. The second-order valence-corrected chi connectivity index (χ2v) is 5.84. The first-order chi connectivity index (χ1) is 10.1. The van der Waals surface area contributed by atoms with Crippen LogP contribution in [0, 0.1) is 19.3 Å². The van der Waals surface area contributed by atoms with Gasteiger partial charge in [-0.1, -0.05) is 5.92 Å². The molecular formula is C17H20O5. The van der Waals surface area contributed by atoms with E-state index in [1.807, 2.05) is 0 Å². The van der Waals surface area contributed by atoms with Crippen molar-refractivity contribution in [1.82, 2.24) is 0 Å². The van der Waals surface area contributed by atoms with Crippen molar-refractivity contribution in [2.24, 2.45) is 0 Å². The molecule has 0 spiro atoms. The number of hydrogen-bond acceptors (Lipinski definition) is 4. The number of hydrogen-bond donors (Lipinski definition) is 1. The maximum atomic E-state index is 11.6. The minimum Gasteiger partial charge on any atom is -0.478 e. The number of esters is 1. The van der Waals surface area contributed by atoms with E-state index in [-0.39, 0.29) is 18.8 Å². The third kappa shape index (κ3) is 5.23. The van der Waals surface area contributed by atoms with E-state index in [9.17, 15) is 9.59 Å². The molecule has 0 aromatic heterocycles. The fourth-order valence-electron chi connectivity index (χ4n) is 1.81. The molecule has 0 bridgehead atoms. The standard InChI is InChI=1S/C17H20O5/c1-6-12-7-13(16(19)20)8-14(11(12)2)9-21-10-15(18)22-17(3,4)5/h1,7-8H,9-10H2,2-5H3,(H,19,20). The van der Waals surface area contributed by atoms with E-state index in [1.54, 1.807) is 27.7 Å². The van der Waals surface area contributed by atoms with Gasteiger partial charge in [-0.05, 0) is 51.0 Å². The number of carboxylic acid groups (broad SMARTS) is 1. The first-order valence-electron chi connectivity index (χ1n) is 6.77. The van der Waals surface area contributed by atoms with Crippen LogP contribution in [-0.2, 0) is 20.9 Å². The first-order valence-corrected chi connectivity index (χ1v) is 6.77. The molecule has 0 fully saturated rings. The van der Waals surface area contributed by atoms with Crippen LogP contribution in [0.4, 0.5) is 0 Å². The van der Waals surface area contributed by atoms with Crippen LogP contribution in [0.3, 0.4) is 0 Å². The summed E-state index contributed by atoms with van der Waals surface area (Å²) in [5.41, 5.74) is 1.41. The summed E-state index contributed by atoms with van der Waals surface area (Å²) in [4.78, 5) is 22.6. The van der Waals surface area contributed by atoms with Gasteiger partial charge in [0.25, 0.3) is 0 Å². The molecule has 0 amide bonds. The van der Waals surface area contributed by atoms with E-state index >= 15 is 0 Å². The number of carboxylic acids is 1. The smallest absolute Gasteiger partial charge is 0.335 e. The number of ether oxygens (including phenoxy) is 2. The lowest BCUT2D eigenvalue weighted by molar-refractivity contribution is -0.160. The van der Waals surface area contributed by atoms with Gasteiger partial charge in [0.05, 0.1) is 12.2 Å². The van der Waals surface area contributed by atoms with Crippen LogP contribution in [0.15, 0.2) is 12.1 Å². The molecule has 0 heterocycles. The second kappa shape index (κ2) is 7.10. The molecule has 0 saturated heterocycles. The van der Waals surface area contributed by atoms with Crippen LogP contribution >= 0.6 is 0 Å². The molecule has 118 valence electrons. The van der Waals surface area contributed by atoms with Crippen molar-refractivity contribution in [2.75, 3.05) is 6.61 Å². The van der Waals surface area contributed by atoms with Gasteiger partial charge in [0.2, 0.25) is 0 Å². The fourth-order valence-corrected chi connectivity index (χ4v) is 1.81. The van der Waals surface area contributed by atoms with Crippen LogP contribution in [0.2, 0.25) is 0 Å². The maximum absolute atomic E-state index is 11.6. The highest BCUT2D eigenvalue weighted by Crippen LogP contribution is 2.18. The lowest BCUT2D eigenvalue weighted by Crippen LogP contribution is -2.26. The van der Waals surface area contributed by atoms with Gasteiger partial charge in [-0.3, -0.25) is 0 Å². The average molecular weight is 304 g/mol. The van der Waals surface area contributed by atoms with Gasteiger partial charge < -0.3 is 14.6 Å². The SMILES string of the molecule is C#Cc1cc(C(=O)O)cc(COCC(=O)OC(C)(C)C)c1C. The normalized spacial score (nSPS) is 10.9. The second-order valence-electron chi connectivity index (χ2n) is 5.84. The van der Waals surface area contributed by atoms with Crippen molar-refractivity contribution in [3.63, 3.8) is 0 Å². The summed E-state index contributed by atoms with van der Waals surface area (Å²) in [5, 5.41) is 9.08. The zero-order valence-corrected chi connectivity index (χ0v) is 13.2. The van der Waals surface area contributed by atoms with E-state index in [2.05, 4.69) is 5.92 Å². The summed E-state index contributed by atoms with van der Waals surface area (Å²) in [6, 6.07) is 2.93. The quantitative estimate of drug-likeness (QED) is 0.668. The third-order valence-electron chi connectivity index (χ3n) is 2.82. The van der Waals surface area contributed by atoms with Gasteiger partial charge in [-0.15, -0.1) is 6.42 Å². The van der Waals surface area contributed by atoms with Gasteiger partial charge in [0, 0.05) is 5.56 Å². The van der Waals surface area contributed by atoms with Crippen molar-refractivity contribution in [3.05, 3.63) is 34.4 Å². The van der Waals surface area contributed by atoms with Gasteiger partial charge >= 0.3 is 11.9 Å². The molecule has 1 N–H and O–H groups in total. The minimum atomic E-state index is -1.06. The van der Waals surface area contributed by atoms with Crippen molar-refractivity contribution in [1.29, 1.82) is 0 Å². The molecule has 1 aromatic rings. The number of aromatic carboxylic acids is 1. The van der Waals surface area contributed by atoms with Crippen molar-refractivity contribution in [3.8, 4) is 12.3 Å². The summed E-state index contributed by atoms with van der Waals surface area (Å²) >= 11 is 0. The molecule has 0 aliphatic rings. The molecule has 0 saturated carbocycles. The predicted octanol–water partition coefficient (Wildman–Crippen LogP) is 2.53. The van der Waals surface area contributed by atoms with E-state index in [4.69, 9.17) is 21.0 Å². The summed E-state index contributed by atoms with van der Waals surface area (Å²) in [6.45, 7) is 6.97. The highest BCUT2D eigenvalue weighted by molar-refractivity contribution is 5.88.